The Labute approximate surface area is 128 Å². The lowest BCUT2D eigenvalue weighted by Gasteiger charge is -2.13. The molecule has 1 N–H and O–H groups in total. The smallest absolute Gasteiger partial charge is 0.150 e. The number of methoxy groups -OCH3 is 1. The zero-order valence-electron chi connectivity index (χ0n) is 11.7. The summed E-state index contributed by atoms with van der Waals surface area (Å²) in [7, 11) is 1.65. The van der Waals surface area contributed by atoms with Crippen LogP contribution in [0, 0.1) is 5.82 Å². The predicted molar refractivity (Wildman–Crippen MR) is 81.5 cm³/mol. The molecule has 0 unspecified atom stereocenters. The van der Waals surface area contributed by atoms with E-state index in [1.807, 2.05) is 12.1 Å². The molecule has 0 radical (unpaired) electrons. The second-order valence-electron chi connectivity index (χ2n) is 4.46. The van der Waals surface area contributed by atoms with Crippen LogP contribution in [0.25, 0.3) is 0 Å². The van der Waals surface area contributed by atoms with Gasteiger partial charge in [-0.15, -0.1) is 0 Å². The van der Waals surface area contributed by atoms with Gasteiger partial charge in [-0.1, -0.05) is 29.8 Å². The second-order valence-corrected chi connectivity index (χ2v) is 4.86. The molecule has 0 saturated heterocycles. The maximum atomic E-state index is 13.2. The lowest BCUT2D eigenvalue weighted by Crippen LogP contribution is -2.18. The van der Waals surface area contributed by atoms with Gasteiger partial charge in [-0.25, -0.2) is 4.39 Å². The first kappa shape index (κ1) is 15.8. The number of halogens is 2. The van der Waals surface area contributed by atoms with Crippen LogP contribution in [0.5, 0.6) is 11.5 Å². The molecule has 112 valence electrons. The fourth-order valence-corrected chi connectivity index (χ4v) is 2.09. The number of hydrogen-bond donors (Lipinski definition) is 1. The molecule has 0 aliphatic carbocycles. The minimum absolute atomic E-state index is 0.348. The molecule has 0 amide bonds. The third kappa shape index (κ3) is 4.70. The Hall–Kier alpha value is -1.62. The van der Waals surface area contributed by atoms with Gasteiger partial charge in [0.15, 0.2) is 0 Å². The summed E-state index contributed by atoms with van der Waals surface area (Å²) in [5.41, 5.74) is 0.905. The van der Waals surface area contributed by atoms with Crippen molar-refractivity contribution in [3.63, 3.8) is 0 Å². The largest absolute Gasteiger partial charge is 0.455 e. The van der Waals surface area contributed by atoms with Crippen molar-refractivity contribution in [2.45, 2.75) is 6.54 Å². The third-order valence-corrected chi connectivity index (χ3v) is 3.16. The number of para-hydroxylation sites is 1. The second kappa shape index (κ2) is 7.98. The standard InChI is InChI=1S/C16H17ClFNO2/c1-20-9-8-19-11-12-4-2-7-15(17)16(12)21-14-6-3-5-13(18)10-14/h2-7,10,19H,8-9,11H2,1H3. The molecule has 0 aliphatic heterocycles. The van der Waals surface area contributed by atoms with Crippen LogP contribution in [-0.2, 0) is 11.3 Å². The fourth-order valence-electron chi connectivity index (χ4n) is 1.85. The Morgan fingerprint density at radius 2 is 2.00 bits per heavy atom. The lowest BCUT2D eigenvalue weighted by atomic mass is 10.2. The average molecular weight is 310 g/mol. The van der Waals surface area contributed by atoms with Gasteiger partial charge in [-0.2, -0.15) is 0 Å². The van der Waals surface area contributed by atoms with Crippen molar-refractivity contribution in [2.75, 3.05) is 20.3 Å². The minimum atomic E-state index is -0.348. The van der Waals surface area contributed by atoms with Crippen molar-refractivity contribution in [1.82, 2.24) is 5.32 Å². The zero-order chi connectivity index (χ0) is 15.1. The molecular formula is C16H17ClFNO2. The van der Waals surface area contributed by atoms with E-state index >= 15 is 0 Å². The van der Waals surface area contributed by atoms with E-state index in [4.69, 9.17) is 21.1 Å². The van der Waals surface area contributed by atoms with Crippen molar-refractivity contribution >= 4 is 11.6 Å². The van der Waals surface area contributed by atoms with E-state index in [2.05, 4.69) is 5.32 Å². The van der Waals surface area contributed by atoms with E-state index in [-0.39, 0.29) is 5.82 Å². The van der Waals surface area contributed by atoms with Crippen molar-refractivity contribution in [1.29, 1.82) is 0 Å². The van der Waals surface area contributed by atoms with Crippen LogP contribution >= 0.6 is 11.6 Å². The number of hydrogen-bond acceptors (Lipinski definition) is 3. The van der Waals surface area contributed by atoms with Crippen LogP contribution in [0.4, 0.5) is 4.39 Å². The molecule has 0 bridgehead atoms. The monoisotopic (exact) mass is 309 g/mol. The number of rotatable bonds is 7. The Kier molecular flexibility index (Phi) is 5.99. The van der Waals surface area contributed by atoms with Gasteiger partial charge in [0.25, 0.3) is 0 Å². The average Bonchev–Trinajstić information content (AvgIpc) is 2.47. The normalized spacial score (nSPS) is 10.6. The summed E-state index contributed by atoms with van der Waals surface area (Å²) in [6, 6.07) is 11.5. The van der Waals surface area contributed by atoms with E-state index < -0.39 is 0 Å². The highest BCUT2D eigenvalue weighted by Gasteiger charge is 2.10. The molecular weight excluding hydrogens is 293 g/mol. The molecule has 0 atom stereocenters. The highest BCUT2D eigenvalue weighted by Crippen LogP contribution is 2.33. The molecule has 0 aromatic heterocycles. The van der Waals surface area contributed by atoms with Crippen LogP contribution < -0.4 is 10.1 Å². The highest BCUT2D eigenvalue weighted by molar-refractivity contribution is 6.32. The van der Waals surface area contributed by atoms with Crippen molar-refractivity contribution in [3.05, 3.63) is 58.9 Å². The van der Waals surface area contributed by atoms with Gasteiger partial charge in [0.2, 0.25) is 0 Å². The molecule has 2 aromatic rings. The van der Waals surface area contributed by atoms with Crippen LogP contribution in [0.1, 0.15) is 5.56 Å². The van der Waals surface area contributed by atoms with Crippen molar-refractivity contribution in [3.8, 4) is 11.5 Å². The van der Waals surface area contributed by atoms with Crippen LogP contribution in [0.2, 0.25) is 5.02 Å². The van der Waals surface area contributed by atoms with Gasteiger partial charge < -0.3 is 14.8 Å². The summed E-state index contributed by atoms with van der Waals surface area (Å²) in [6.45, 7) is 1.94. The zero-order valence-corrected chi connectivity index (χ0v) is 12.5. The molecule has 21 heavy (non-hydrogen) atoms. The number of benzene rings is 2. The highest BCUT2D eigenvalue weighted by atomic mass is 35.5. The predicted octanol–water partition coefficient (Wildman–Crippen LogP) is 4.01. The molecule has 0 aliphatic rings. The van der Waals surface area contributed by atoms with E-state index in [0.717, 1.165) is 12.1 Å². The van der Waals surface area contributed by atoms with E-state index in [1.165, 1.54) is 12.1 Å². The lowest BCUT2D eigenvalue weighted by molar-refractivity contribution is 0.199. The number of ether oxygens (including phenoxy) is 2. The van der Waals surface area contributed by atoms with Crippen LogP contribution in [0.3, 0.4) is 0 Å². The Morgan fingerprint density at radius 1 is 1.19 bits per heavy atom. The summed E-state index contributed by atoms with van der Waals surface area (Å²) in [6.07, 6.45) is 0. The van der Waals surface area contributed by atoms with Gasteiger partial charge in [0.1, 0.15) is 17.3 Å². The molecule has 0 saturated carbocycles. The summed E-state index contributed by atoms with van der Waals surface area (Å²) in [5.74, 6) is 0.607. The first-order valence-corrected chi connectivity index (χ1v) is 6.99. The van der Waals surface area contributed by atoms with E-state index in [0.29, 0.717) is 29.7 Å². The van der Waals surface area contributed by atoms with Gasteiger partial charge in [-0.3, -0.25) is 0 Å². The Bertz CT molecular complexity index is 592. The molecule has 2 aromatic carbocycles. The molecule has 2 rings (SSSR count). The Morgan fingerprint density at radius 3 is 2.76 bits per heavy atom. The quantitative estimate of drug-likeness (QED) is 0.784. The van der Waals surface area contributed by atoms with Gasteiger partial charge in [-0.05, 0) is 18.2 Å². The molecule has 3 nitrogen and oxygen atoms in total. The van der Waals surface area contributed by atoms with Crippen LogP contribution in [0.15, 0.2) is 42.5 Å². The number of nitrogens with one attached hydrogen (secondary N) is 1. The maximum Gasteiger partial charge on any atom is 0.150 e. The molecule has 0 heterocycles. The van der Waals surface area contributed by atoms with Gasteiger partial charge in [0.05, 0.1) is 11.6 Å². The van der Waals surface area contributed by atoms with E-state index in [9.17, 15) is 4.39 Å². The topological polar surface area (TPSA) is 30.5 Å². The fraction of sp³-hybridized carbons (Fsp3) is 0.250. The maximum absolute atomic E-state index is 13.2. The van der Waals surface area contributed by atoms with E-state index in [1.54, 1.807) is 25.3 Å². The molecule has 0 fully saturated rings. The molecule has 0 spiro atoms. The van der Waals surface area contributed by atoms with Crippen LogP contribution in [-0.4, -0.2) is 20.3 Å². The molecule has 5 heteroatoms. The summed E-state index contributed by atoms with van der Waals surface area (Å²) in [4.78, 5) is 0. The summed E-state index contributed by atoms with van der Waals surface area (Å²) >= 11 is 6.19. The van der Waals surface area contributed by atoms with Crippen molar-refractivity contribution < 1.29 is 13.9 Å². The Balaban J connectivity index is 2.13. The van der Waals surface area contributed by atoms with Crippen molar-refractivity contribution in [2.24, 2.45) is 0 Å². The first-order valence-electron chi connectivity index (χ1n) is 6.61. The summed E-state index contributed by atoms with van der Waals surface area (Å²) in [5, 5.41) is 3.72. The minimum Gasteiger partial charge on any atom is -0.455 e. The van der Waals surface area contributed by atoms with Gasteiger partial charge in [0, 0.05) is 31.8 Å². The SMILES string of the molecule is COCCNCc1cccc(Cl)c1Oc1cccc(F)c1. The first-order chi connectivity index (χ1) is 10.2. The summed E-state index contributed by atoms with van der Waals surface area (Å²) < 4.78 is 23.9. The van der Waals surface area contributed by atoms with Gasteiger partial charge >= 0.3 is 0 Å². The third-order valence-electron chi connectivity index (χ3n) is 2.86.